The molecular weight excluding hydrogens is 390 g/mol. The minimum atomic E-state index is -3.67. The highest BCUT2D eigenvalue weighted by molar-refractivity contribution is 7.85. The lowest BCUT2D eigenvalue weighted by atomic mass is 10.2. The summed E-state index contributed by atoms with van der Waals surface area (Å²) in [6, 6.07) is 12.5. The lowest BCUT2D eigenvalue weighted by Crippen LogP contribution is -1.93. The number of rotatable bonds is 3. The molecule has 0 fully saturated rings. The molecule has 29 heavy (non-hydrogen) atoms. The van der Waals surface area contributed by atoms with Crippen LogP contribution in [0.15, 0.2) is 58.9 Å². The molecule has 4 rings (SSSR count). The maximum absolute atomic E-state index is 9.19. The summed E-state index contributed by atoms with van der Waals surface area (Å²) in [6.07, 6.45) is 4.72. The molecule has 0 bridgehead atoms. The normalized spacial score (nSPS) is 15.1. The van der Waals surface area contributed by atoms with E-state index in [1.165, 1.54) is 10.9 Å². The molecular formula is C21H23N3O4S. The first-order chi connectivity index (χ1) is 13.6. The smallest absolute Gasteiger partial charge is 0.261 e. The van der Waals surface area contributed by atoms with Crippen molar-refractivity contribution in [2.45, 2.75) is 13.8 Å². The van der Waals surface area contributed by atoms with Gasteiger partial charge in [-0.05, 0) is 43.7 Å². The van der Waals surface area contributed by atoms with Crippen LogP contribution in [0.2, 0.25) is 0 Å². The van der Waals surface area contributed by atoms with Gasteiger partial charge in [0.2, 0.25) is 0 Å². The Hall–Kier alpha value is -3.10. The summed E-state index contributed by atoms with van der Waals surface area (Å²) in [6.45, 7) is 4.14. The summed E-state index contributed by atoms with van der Waals surface area (Å²) in [5.41, 5.74) is 7.22. The molecule has 152 valence electrons. The maximum atomic E-state index is 9.19. The molecule has 1 aliphatic heterocycles. The van der Waals surface area contributed by atoms with Crippen molar-refractivity contribution in [3.05, 3.63) is 76.6 Å². The highest BCUT2D eigenvalue weighted by atomic mass is 32.2. The van der Waals surface area contributed by atoms with Crippen molar-refractivity contribution in [1.29, 1.82) is 0 Å². The van der Waals surface area contributed by atoms with Crippen LogP contribution in [0.3, 0.4) is 0 Å². The van der Waals surface area contributed by atoms with E-state index in [1.807, 2.05) is 24.3 Å². The Balaban J connectivity index is 0.000000431. The largest absolute Gasteiger partial charge is 0.494 e. The number of ether oxygens (including phenoxy) is 1. The lowest BCUT2D eigenvalue weighted by molar-refractivity contribution is 0.303. The van der Waals surface area contributed by atoms with Gasteiger partial charge in [-0.1, -0.05) is 18.2 Å². The number of aromatic amines is 2. The van der Waals surface area contributed by atoms with Gasteiger partial charge in [0.1, 0.15) is 11.5 Å². The molecule has 7 nitrogen and oxygen atoms in total. The highest BCUT2D eigenvalue weighted by Gasteiger charge is 2.18. The number of nitrogens with zero attached hydrogens (tertiary/aromatic N) is 1. The fourth-order valence-corrected chi connectivity index (χ4v) is 3.07. The monoisotopic (exact) mass is 413 g/mol. The predicted molar refractivity (Wildman–Crippen MR) is 116 cm³/mol. The third kappa shape index (κ3) is 5.24. The minimum absolute atomic E-state index is 0.715. The van der Waals surface area contributed by atoms with Gasteiger partial charge < -0.3 is 14.7 Å². The first-order valence-electron chi connectivity index (χ1n) is 8.87. The first-order valence-corrected chi connectivity index (χ1v) is 10.7. The number of aliphatic imine (C=N–C) groups is 1. The van der Waals surface area contributed by atoms with E-state index in [0.717, 1.165) is 39.8 Å². The standard InChI is InChI=1S/C20H19N3O.CH4O3S/c1-12-8-13(2)21-16(12)10-19-20(24-3)11-18(23-19)17-9-14-6-4-5-7-15(14)22-17;1-5(2,3)4/h4-11,21-22H,1-3H3;1H3,(H,2,3,4)/b19-10-;. The summed E-state index contributed by atoms with van der Waals surface area (Å²) < 4.78 is 31.4. The van der Waals surface area contributed by atoms with Gasteiger partial charge in [0, 0.05) is 28.4 Å². The van der Waals surface area contributed by atoms with E-state index in [1.54, 1.807) is 7.11 Å². The van der Waals surface area contributed by atoms with Crippen LogP contribution >= 0.6 is 0 Å². The molecule has 0 atom stereocenters. The summed E-state index contributed by atoms with van der Waals surface area (Å²) in [5.74, 6) is 0.773. The Bertz CT molecular complexity index is 1200. The van der Waals surface area contributed by atoms with Crippen molar-refractivity contribution in [2.24, 2.45) is 4.99 Å². The number of allylic oxidation sites excluding steroid dienone is 1. The van der Waals surface area contributed by atoms with Gasteiger partial charge in [0.25, 0.3) is 10.1 Å². The molecule has 2 aromatic heterocycles. The molecule has 3 aromatic rings. The molecule has 0 saturated carbocycles. The average molecular weight is 413 g/mol. The van der Waals surface area contributed by atoms with Crippen LogP contribution in [0.5, 0.6) is 0 Å². The van der Waals surface area contributed by atoms with Gasteiger partial charge in [-0.3, -0.25) is 4.55 Å². The maximum Gasteiger partial charge on any atom is 0.261 e. The number of H-pyrrole nitrogens is 2. The number of aromatic nitrogens is 2. The van der Waals surface area contributed by atoms with Crippen molar-refractivity contribution in [3.63, 3.8) is 0 Å². The van der Waals surface area contributed by atoms with Gasteiger partial charge in [0.05, 0.1) is 24.8 Å². The zero-order valence-corrected chi connectivity index (χ0v) is 17.5. The first kappa shape index (κ1) is 20.6. The SMILES string of the molecule is COC1=CC(c2cc3ccccc3[nH]2)=N/C1=C\c1[nH]c(C)cc1C.CS(=O)(=O)O. The van der Waals surface area contributed by atoms with E-state index >= 15 is 0 Å². The molecule has 0 aliphatic carbocycles. The van der Waals surface area contributed by atoms with E-state index in [9.17, 15) is 8.42 Å². The Kier molecular flexibility index (Phi) is 5.76. The number of nitrogens with one attached hydrogen (secondary N) is 2. The van der Waals surface area contributed by atoms with E-state index in [-0.39, 0.29) is 0 Å². The molecule has 3 heterocycles. The molecule has 8 heteroatoms. The lowest BCUT2D eigenvalue weighted by Gasteiger charge is -2.01. The molecule has 0 unspecified atom stereocenters. The quantitative estimate of drug-likeness (QED) is 0.564. The fourth-order valence-electron chi connectivity index (χ4n) is 3.07. The van der Waals surface area contributed by atoms with E-state index in [0.29, 0.717) is 6.26 Å². The number of hydrogen-bond acceptors (Lipinski definition) is 4. The van der Waals surface area contributed by atoms with Gasteiger partial charge >= 0.3 is 0 Å². The number of aryl methyl sites for hydroxylation is 2. The molecule has 3 N–H and O–H groups in total. The van der Waals surface area contributed by atoms with Gasteiger partial charge in [-0.2, -0.15) is 8.42 Å². The Labute approximate surface area is 169 Å². The zero-order chi connectivity index (χ0) is 21.2. The van der Waals surface area contributed by atoms with Crippen molar-refractivity contribution in [3.8, 4) is 0 Å². The van der Waals surface area contributed by atoms with Crippen molar-refractivity contribution in [1.82, 2.24) is 9.97 Å². The van der Waals surface area contributed by atoms with E-state index in [4.69, 9.17) is 14.3 Å². The molecule has 0 saturated heterocycles. The minimum Gasteiger partial charge on any atom is -0.494 e. The summed E-state index contributed by atoms with van der Waals surface area (Å²) in [7, 11) is -1.99. The number of benzene rings is 1. The summed E-state index contributed by atoms with van der Waals surface area (Å²) in [4.78, 5) is 11.5. The highest BCUT2D eigenvalue weighted by Crippen LogP contribution is 2.27. The van der Waals surface area contributed by atoms with Crippen molar-refractivity contribution in [2.75, 3.05) is 13.4 Å². The number of para-hydroxylation sites is 1. The second-order valence-electron chi connectivity index (χ2n) is 6.79. The van der Waals surface area contributed by atoms with Crippen LogP contribution in [-0.2, 0) is 14.9 Å². The van der Waals surface area contributed by atoms with E-state index < -0.39 is 10.1 Å². The predicted octanol–water partition coefficient (Wildman–Crippen LogP) is 3.99. The van der Waals surface area contributed by atoms with Crippen molar-refractivity contribution < 1.29 is 17.7 Å². The van der Waals surface area contributed by atoms with Gasteiger partial charge in [0.15, 0.2) is 0 Å². The van der Waals surface area contributed by atoms with Crippen LogP contribution in [0.1, 0.15) is 22.6 Å². The van der Waals surface area contributed by atoms with Gasteiger partial charge in [-0.15, -0.1) is 0 Å². The molecule has 1 aromatic carbocycles. The number of fused-ring (bicyclic) bond motifs is 1. The third-order valence-corrected chi connectivity index (χ3v) is 4.26. The van der Waals surface area contributed by atoms with Crippen LogP contribution in [-0.4, -0.2) is 42.0 Å². The summed E-state index contributed by atoms with van der Waals surface area (Å²) in [5, 5.41) is 1.18. The molecule has 0 spiro atoms. The zero-order valence-electron chi connectivity index (χ0n) is 16.6. The van der Waals surface area contributed by atoms with Crippen LogP contribution in [0.25, 0.3) is 17.0 Å². The number of hydrogen-bond donors (Lipinski definition) is 3. The average Bonchev–Trinajstić information content (AvgIpc) is 3.30. The van der Waals surface area contributed by atoms with Crippen LogP contribution in [0.4, 0.5) is 0 Å². The molecule has 0 radical (unpaired) electrons. The molecule has 0 amide bonds. The molecule has 1 aliphatic rings. The second-order valence-corrected chi connectivity index (χ2v) is 8.26. The van der Waals surface area contributed by atoms with Crippen LogP contribution < -0.4 is 0 Å². The summed E-state index contributed by atoms with van der Waals surface area (Å²) >= 11 is 0. The third-order valence-electron chi connectivity index (χ3n) is 4.26. The Morgan fingerprint density at radius 2 is 1.83 bits per heavy atom. The van der Waals surface area contributed by atoms with Crippen molar-refractivity contribution >= 4 is 32.8 Å². The fraction of sp³-hybridized carbons (Fsp3) is 0.190. The van der Waals surface area contributed by atoms with Crippen LogP contribution in [0, 0.1) is 13.8 Å². The Morgan fingerprint density at radius 3 is 2.41 bits per heavy atom. The Morgan fingerprint density at radius 1 is 1.14 bits per heavy atom. The van der Waals surface area contributed by atoms with E-state index in [2.05, 4.69) is 48.1 Å². The topological polar surface area (TPSA) is 108 Å². The van der Waals surface area contributed by atoms with Gasteiger partial charge in [-0.25, -0.2) is 4.99 Å². The second kappa shape index (κ2) is 8.10. The number of methoxy groups -OCH3 is 1.